The van der Waals surface area contributed by atoms with Crippen molar-refractivity contribution < 1.29 is 9.53 Å². The van der Waals surface area contributed by atoms with E-state index in [0.717, 1.165) is 62.4 Å². The normalized spacial score (nSPS) is 21.8. The molecule has 4 rings (SSSR count). The predicted molar refractivity (Wildman–Crippen MR) is 121 cm³/mol. The molecule has 2 aliphatic rings. The molecule has 1 amide bonds. The second-order valence-corrected chi connectivity index (χ2v) is 8.53. The fourth-order valence-electron chi connectivity index (χ4n) is 4.06. The minimum Gasteiger partial charge on any atom is -0.385 e. The number of aromatic nitrogens is 1. The molecule has 0 bridgehead atoms. The zero-order valence-electron chi connectivity index (χ0n) is 17.1. The Balaban J connectivity index is 1.45. The van der Waals surface area contributed by atoms with Crippen molar-refractivity contribution in [3.63, 3.8) is 0 Å². The number of halogens is 1. The summed E-state index contributed by atoms with van der Waals surface area (Å²) in [7, 11) is 0. The van der Waals surface area contributed by atoms with E-state index in [1.165, 1.54) is 6.42 Å². The van der Waals surface area contributed by atoms with E-state index in [0.29, 0.717) is 23.3 Å². The third-order valence-corrected chi connectivity index (χ3v) is 6.10. The average molecular weight is 429 g/mol. The standard InChI is InChI=1S/C23H29ClN4O2/c24-21-14-27-22(28-23(29)18-6-2-8-25-13-18)11-20(21)17-5-1-7-19(10-17)26-12-16-4-3-9-30-15-16/h1,5,7,10-11,14,16,18,25-26H,2-4,6,8-9,12-13,15H2,(H,27,28,29). The quantitative estimate of drug-likeness (QED) is 0.643. The van der Waals surface area contributed by atoms with Crippen molar-refractivity contribution in [2.75, 3.05) is 43.5 Å². The lowest BCUT2D eigenvalue weighted by Crippen LogP contribution is -2.37. The number of benzene rings is 1. The second kappa shape index (κ2) is 10.2. The van der Waals surface area contributed by atoms with E-state index in [2.05, 4.69) is 33.1 Å². The van der Waals surface area contributed by atoms with Crippen molar-refractivity contribution in [3.05, 3.63) is 41.6 Å². The van der Waals surface area contributed by atoms with Crippen molar-refractivity contribution in [2.24, 2.45) is 11.8 Å². The second-order valence-electron chi connectivity index (χ2n) is 8.13. The zero-order valence-corrected chi connectivity index (χ0v) is 17.9. The first-order valence-electron chi connectivity index (χ1n) is 10.8. The van der Waals surface area contributed by atoms with Crippen LogP contribution in [0.1, 0.15) is 25.7 Å². The van der Waals surface area contributed by atoms with Gasteiger partial charge in [-0.15, -0.1) is 0 Å². The van der Waals surface area contributed by atoms with Crippen LogP contribution in [0.4, 0.5) is 11.5 Å². The topological polar surface area (TPSA) is 75.3 Å². The Hall–Kier alpha value is -2.15. The van der Waals surface area contributed by atoms with Gasteiger partial charge in [0.25, 0.3) is 0 Å². The summed E-state index contributed by atoms with van der Waals surface area (Å²) in [5, 5.41) is 10.3. The monoisotopic (exact) mass is 428 g/mol. The molecule has 3 N–H and O–H groups in total. The zero-order chi connectivity index (χ0) is 20.8. The predicted octanol–water partition coefficient (Wildman–Crippen LogP) is 4.18. The molecule has 3 heterocycles. The Morgan fingerprint density at radius 1 is 1.27 bits per heavy atom. The summed E-state index contributed by atoms with van der Waals surface area (Å²) in [6, 6.07) is 10.0. The number of hydrogen-bond donors (Lipinski definition) is 3. The van der Waals surface area contributed by atoms with Gasteiger partial charge in [-0.25, -0.2) is 4.98 Å². The summed E-state index contributed by atoms with van der Waals surface area (Å²) in [6.45, 7) is 4.28. The molecule has 2 fully saturated rings. The number of amides is 1. The molecule has 0 radical (unpaired) electrons. The molecule has 30 heavy (non-hydrogen) atoms. The Morgan fingerprint density at radius 2 is 2.20 bits per heavy atom. The molecule has 0 spiro atoms. The molecule has 2 saturated heterocycles. The van der Waals surface area contributed by atoms with Gasteiger partial charge in [-0.1, -0.05) is 23.7 Å². The molecule has 6 nitrogen and oxygen atoms in total. The van der Waals surface area contributed by atoms with Crippen LogP contribution >= 0.6 is 11.6 Å². The molecule has 2 unspecified atom stereocenters. The molecule has 1 aromatic carbocycles. The molecular formula is C23H29ClN4O2. The first-order valence-corrected chi connectivity index (χ1v) is 11.2. The van der Waals surface area contributed by atoms with E-state index >= 15 is 0 Å². The molecule has 0 aliphatic carbocycles. The number of nitrogens with one attached hydrogen (secondary N) is 3. The Bertz CT molecular complexity index is 864. The number of piperidine rings is 1. The number of carbonyl (C=O) groups is 1. The number of carbonyl (C=O) groups excluding carboxylic acids is 1. The van der Waals surface area contributed by atoms with Gasteiger partial charge in [0.05, 0.1) is 17.5 Å². The number of hydrogen-bond acceptors (Lipinski definition) is 5. The van der Waals surface area contributed by atoms with Crippen molar-refractivity contribution in [1.29, 1.82) is 0 Å². The minimum absolute atomic E-state index is 0.00749. The lowest BCUT2D eigenvalue weighted by atomic mass is 9.99. The van der Waals surface area contributed by atoms with Crippen molar-refractivity contribution in [3.8, 4) is 11.1 Å². The summed E-state index contributed by atoms with van der Waals surface area (Å²) >= 11 is 6.44. The van der Waals surface area contributed by atoms with Crippen LogP contribution in [-0.2, 0) is 9.53 Å². The van der Waals surface area contributed by atoms with Gasteiger partial charge < -0.3 is 20.7 Å². The smallest absolute Gasteiger partial charge is 0.229 e. The highest BCUT2D eigenvalue weighted by molar-refractivity contribution is 6.33. The SMILES string of the molecule is O=C(Nc1cc(-c2cccc(NCC3CCCOC3)c2)c(Cl)cn1)C1CCCNC1. The van der Waals surface area contributed by atoms with Gasteiger partial charge in [0.15, 0.2) is 0 Å². The first-order chi connectivity index (χ1) is 14.7. The Morgan fingerprint density at radius 3 is 3.00 bits per heavy atom. The molecule has 2 atom stereocenters. The molecule has 0 saturated carbocycles. The molecule has 2 aliphatic heterocycles. The molecule has 1 aromatic heterocycles. The molecule has 160 valence electrons. The highest BCUT2D eigenvalue weighted by Gasteiger charge is 2.21. The van der Waals surface area contributed by atoms with E-state index < -0.39 is 0 Å². The van der Waals surface area contributed by atoms with E-state index in [-0.39, 0.29) is 11.8 Å². The summed E-state index contributed by atoms with van der Waals surface area (Å²) in [5.74, 6) is 1.06. The van der Waals surface area contributed by atoms with Crippen LogP contribution in [0.25, 0.3) is 11.1 Å². The van der Waals surface area contributed by atoms with E-state index in [9.17, 15) is 4.79 Å². The van der Waals surface area contributed by atoms with Crippen molar-refractivity contribution >= 4 is 29.0 Å². The Kier molecular flexibility index (Phi) is 7.20. The fraction of sp³-hybridized carbons (Fsp3) is 0.478. The van der Waals surface area contributed by atoms with Gasteiger partial charge in [-0.05, 0) is 61.9 Å². The van der Waals surface area contributed by atoms with Crippen molar-refractivity contribution in [2.45, 2.75) is 25.7 Å². The van der Waals surface area contributed by atoms with Crippen LogP contribution < -0.4 is 16.0 Å². The Labute approximate surface area is 182 Å². The van der Waals surface area contributed by atoms with Gasteiger partial charge in [-0.3, -0.25) is 4.79 Å². The largest absolute Gasteiger partial charge is 0.385 e. The summed E-state index contributed by atoms with van der Waals surface area (Å²) in [4.78, 5) is 16.9. The lowest BCUT2D eigenvalue weighted by Gasteiger charge is -2.23. The minimum atomic E-state index is -0.0176. The highest BCUT2D eigenvalue weighted by atomic mass is 35.5. The summed E-state index contributed by atoms with van der Waals surface area (Å²) in [5.41, 5.74) is 2.89. The maximum atomic E-state index is 12.5. The summed E-state index contributed by atoms with van der Waals surface area (Å²) < 4.78 is 5.57. The van der Waals surface area contributed by atoms with E-state index in [4.69, 9.17) is 16.3 Å². The first kappa shape index (κ1) is 21.1. The molecule has 2 aromatic rings. The van der Waals surface area contributed by atoms with Crippen LogP contribution in [0.3, 0.4) is 0 Å². The average Bonchev–Trinajstić information content (AvgIpc) is 2.80. The van der Waals surface area contributed by atoms with E-state index in [1.807, 2.05) is 18.2 Å². The lowest BCUT2D eigenvalue weighted by molar-refractivity contribution is -0.120. The van der Waals surface area contributed by atoms with Gasteiger partial charge in [-0.2, -0.15) is 0 Å². The molecule has 7 heteroatoms. The number of anilines is 2. The number of nitrogens with zero attached hydrogens (tertiary/aromatic N) is 1. The van der Waals surface area contributed by atoms with Gasteiger partial charge in [0.2, 0.25) is 5.91 Å². The number of rotatable bonds is 6. The number of pyridine rings is 1. The van der Waals surface area contributed by atoms with Crippen molar-refractivity contribution in [1.82, 2.24) is 10.3 Å². The number of ether oxygens (including phenoxy) is 1. The maximum Gasteiger partial charge on any atom is 0.229 e. The third-order valence-electron chi connectivity index (χ3n) is 5.80. The van der Waals surface area contributed by atoms with Crippen LogP contribution in [0.2, 0.25) is 5.02 Å². The van der Waals surface area contributed by atoms with E-state index in [1.54, 1.807) is 6.20 Å². The van der Waals surface area contributed by atoms with Gasteiger partial charge >= 0.3 is 0 Å². The van der Waals surface area contributed by atoms with Crippen LogP contribution in [0.15, 0.2) is 36.5 Å². The van der Waals surface area contributed by atoms with Crippen LogP contribution in [0, 0.1) is 11.8 Å². The fourth-order valence-corrected chi connectivity index (χ4v) is 4.27. The van der Waals surface area contributed by atoms with Crippen LogP contribution in [-0.4, -0.2) is 43.7 Å². The van der Waals surface area contributed by atoms with Gasteiger partial charge in [0, 0.05) is 37.1 Å². The maximum absolute atomic E-state index is 12.5. The highest BCUT2D eigenvalue weighted by Crippen LogP contribution is 2.31. The van der Waals surface area contributed by atoms with Crippen LogP contribution in [0.5, 0.6) is 0 Å². The third kappa shape index (κ3) is 5.50. The summed E-state index contributed by atoms with van der Waals surface area (Å²) in [6.07, 6.45) is 5.85. The molecular weight excluding hydrogens is 400 g/mol. The van der Waals surface area contributed by atoms with Gasteiger partial charge in [0.1, 0.15) is 5.82 Å².